The van der Waals surface area contributed by atoms with E-state index in [4.69, 9.17) is 0 Å². The summed E-state index contributed by atoms with van der Waals surface area (Å²) in [5.41, 5.74) is 1.14. The Morgan fingerprint density at radius 3 is 2.55 bits per heavy atom. The van der Waals surface area contributed by atoms with Gasteiger partial charge in [-0.1, -0.05) is 35.5 Å². The summed E-state index contributed by atoms with van der Waals surface area (Å²) in [6.45, 7) is 4.16. The summed E-state index contributed by atoms with van der Waals surface area (Å²) in [6.07, 6.45) is 3.58. The van der Waals surface area contributed by atoms with Gasteiger partial charge in [-0.15, -0.1) is 15.3 Å². The first-order valence-electron chi connectivity index (χ1n) is 11.0. The monoisotopic (exact) mass is 465 g/mol. The lowest BCUT2D eigenvalue weighted by Gasteiger charge is -2.31. The van der Waals surface area contributed by atoms with Crippen molar-refractivity contribution in [1.29, 1.82) is 0 Å². The molecule has 0 N–H and O–H groups in total. The average molecular weight is 466 g/mol. The third-order valence-corrected chi connectivity index (χ3v) is 6.90. The molecule has 4 aromatic rings. The normalized spacial score (nSPS) is 15.7. The highest BCUT2D eigenvalue weighted by atomic mass is 32.2. The standard InChI is InChI=1S/C23H24FN7OS/c1-16(29-13-5-2-6-14-29)21-26-27-23(31(21)18-11-9-17(24)10-12-18)33-15-30-22(32)19-7-3-4-8-20(19)25-28-30/h3-4,7-12,16H,2,5-6,13-15H2,1H3. The maximum Gasteiger partial charge on any atom is 0.278 e. The first kappa shape index (κ1) is 21.7. The highest BCUT2D eigenvalue weighted by Crippen LogP contribution is 2.29. The molecule has 10 heteroatoms. The van der Waals surface area contributed by atoms with Crippen molar-refractivity contribution in [2.45, 2.75) is 43.3 Å². The first-order valence-corrected chi connectivity index (χ1v) is 12.0. The van der Waals surface area contributed by atoms with Crippen LogP contribution in [-0.4, -0.2) is 47.7 Å². The van der Waals surface area contributed by atoms with Crippen LogP contribution in [-0.2, 0) is 5.88 Å². The molecule has 0 aliphatic carbocycles. The van der Waals surface area contributed by atoms with Crippen molar-refractivity contribution in [3.8, 4) is 5.69 Å². The van der Waals surface area contributed by atoms with E-state index in [0.29, 0.717) is 16.1 Å². The van der Waals surface area contributed by atoms with Crippen molar-refractivity contribution >= 4 is 22.7 Å². The summed E-state index contributed by atoms with van der Waals surface area (Å²) >= 11 is 1.34. The van der Waals surface area contributed by atoms with Crippen molar-refractivity contribution in [1.82, 2.24) is 34.7 Å². The highest BCUT2D eigenvalue weighted by molar-refractivity contribution is 7.98. The number of piperidine rings is 1. The van der Waals surface area contributed by atoms with E-state index in [9.17, 15) is 9.18 Å². The van der Waals surface area contributed by atoms with E-state index >= 15 is 0 Å². The Morgan fingerprint density at radius 1 is 1.00 bits per heavy atom. The molecule has 0 bridgehead atoms. The Kier molecular flexibility index (Phi) is 6.19. The van der Waals surface area contributed by atoms with E-state index in [1.54, 1.807) is 24.3 Å². The van der Waals surface area contributed by atoms with Gasteiger partial charge in [0, 0.05) is 5.69 Å². The molecular formula is C23H24FN7OS. The SMILES string of the molecule is CC(c1nnc(SCn2nnc3ccccc3c2=O)n1-c1ccc(F)cc1)N1CCCCC1. The number of nitrogens with zero attached hydrogens (tertiary/aromatic N) is 7. The number of rotatable bonds is 6. The fraction of sp³-hybridized carbons (Fsp3) is 0.348. The van der Waals surface area contributed by atoms with E-state index in [1.165, 1.54) is 47.8 Å². The Hall–Kier alpha value is -3.11. The molecule has 1 atom stereocenters. The van der Waals surface area contributed by atoms with Crippen LogP contribution >= 0.6 is 11.8 Å². The van der Waals surface area contributed by atoms with E-state index < -0.39 is 0 Å². The summed E-state index contributed by atoms with van der Waals surface area (Å²) in [6, 6.07) is 13.5. The number of thioether (sulfide) groups is 1. The maximum atomic E-state index is 13.6. The van der Waals surface area contributed by atoms with Crippen molar-refractivity contribution in [2.75, 3.05) is 13.1 Å². The van der Waals surface area contributed by atoms with E-state index in [-0.39, 0.29) is 23.3 Å². The zero-order chi connectivity index (χ0) is 22.8. The molecular weight excluding hydrogens is 441 g/mol. The van der Waals surface area contributed by atoms with Gasteiger partial charge in [-0.25, -0.2) is 4.39 Å². The Labute approximate surface area is 194 Å². The largest absolute Gasteiger partial charge is 0.294 e. The third kappa shape index (κ3) is 4.40. The maximum absolute atomic E-state index is 13.6. The summed E-state index contributed by atoms with van der Waals surface area (Å²) in [7, 11) is 0. The quantitative estimate of drug-likeness (QED) is 0.401. The zero-order valence-electron chi connectivity index (χ0n) is 18.3. The Balaban J connectivity index is 1.48. The number of benzene rings is 2. The molecule has 5 rings (SSSR count). The molecule has 2 aromatic carbocycles. The zero-order valence-corrected chi connectivity index (χ0v) is 19.1. The van der Waals surface area contributed by atoms with Crippen LogP contribution in [0.5, 0.6) is 0 Å². The van der Waals surface area contributed by atoms with Crippen LogP contribution in [0.1, 0.15) is 38.1 Å². The molecule has 1 aliphatic rings. The van der Waals surface area contributed by atoms with Crippen molar-refractivity contribution in [2.24, 2.45) is 0 Å². The molecule has 1 fully saturated rings. The molecule has 0 saturated carbocycles. The predicted octanol–water partition coefficient (Wildman–Crippen LogP) is 3.81. The van der Waals surface area contributed by atoms with Crippen LogP contribution in [0.2, 0.25) is 0 Å². The van der Waals surface area contributed by atoms with Gasteiger partial charge in [-0.3, -0.25) is 14.3 Å². The molecule has 1 unspecified atom stereocenters. The molecule has 33 heavy (non-hydrogen) atoms. The smallest absolute Gasteiger partial charge is 0.278 e. The molecule has 170 valence electrons. The number of aromatic nitrogens is 6. The van der Waals surface area contributed by atoms with Gasteiger partial charge in [0.2, 0.25) is 0 Å². The molecule has 0 radical (unpaired) electrons. The summed E-state index contributed by atoms with van der Waals surface area (Å²) in [4.78, 5) is 15.2. The number of fused-ring (bicyclic) bond motifs is 1. The lowest BCUT2D eigenvalue weighted by atomic mass is 10.1. The van der Waals surface area contributed by atoms with Gasteiger partial charge < -0.3 is 0 Å². The lowest BCUT2D eigenvalue weighted by molar-refractivity contribution is 0.167. The minimum atomic E-state index is -0.301. The van der Waals surface area contributed by atoms with Gasteiger partial charge in [0.25, 0.3) is 5.56 Å². The minimum absolute atomic E-state index is 0.0559. The van der Waals surface area contributed by atoms with E-state index in [1.807, 2.05) is 16.7 Å². The van der Waals surface area contributed by atoms with Crippen LogP contribution in [0.4, 0.5) is 4.39 Å². The molecule has 2 aromatic heterocycles. The van der Waals surface area contributed by atoms with Crippen LogP contribution in [0.25, 0.3) is 16.6 Å². The molecule has 1 saturated heterocycles. The molecule has 3 heterocycles. The topological polar surface area (TPSA) is 81.7 Å². The van der Waals surface area contributed by atoms with Crippen molar-refractivity contribution < 1.29 is 4.39 Å². The van der Waals surface area contributed by atoms with Gasteiger partial charge >= 0.3 is 0 Å². The number of hydrogen-bond donors (Lipinski definition) is 0. The average Bonchev–Trinajstić information content (AvgIpc) is 3.28. The summed E-state index contributed by atoms with van der Waals surface area (Å²) in [5.74, 6) is 0.723. The van der Waals surface area contributed by atoms with Crippen LogP contribution in [0.3, 0.4) is 0 Å². The predicted molar refractivity (Wildman–Crippen MR) is 125 cm³/mol. The van der Waals surface area contributed by atoms with Crippen LogP contribution in [0.15, 0.2) is 58.5 Å². The van der Waals surface area contributed by atoms with E-state index in [2.05, 4.69) is 32.3 Å². The van der Waals surface area contributed by atoms with Crippen LogP contribution < -0.4 is 5.56 Å². The fourth-order valence-electron chi connectivity index (χ4n) is 4.17. The molecule has 0 amide bonds. The van der Waals surface area contributed by atoms with Crippen molar-refractivity contribution in [3.05, 3.63) is 70.5 Å². The number of halogens is 1. The van der Waals surface area contributed by atoms with Gasteiger partial charge in [0.1, 0.15) is 11.3 Å². The third-order valence-electron chi connectivity index (χ3n) is 6.00. The molecule has 8 nitrogen and oxygen atoms in total. The highest BCUT2D eigenvalue weighted by Gasteiger charge is 2.25. The van der Waals surface area contributed by atoms with Gasteiger partial charge in [0.05, 0.1) is 17.3 Å². The van der Waals surface area contributed by atoms with E-state index in [0.717, 1.165) is 24.6 Å². The minimum Gasteiger partial charge on any atom is -0.294 e. The first-order chi connectivity index (χ1) is 16.1. The Bertz CT molecular complexity index is 1310. The second-order valence-electron chi connectivity index (χ2n) is 8.11. The molecule has 0 spiro atoms. The second-order valence-corrected chi connectivity index (χ2v) is 9.02. The fourth-order valence-corrected chi connectivity index (χ4v) is 5.01. The lowest BCUT2D eigenvalue weighted by Crippen LogP contribution is -2.33. The number of hydrogen-bond acceptors (Lipinski definition) is 7. The number of likely N-dealkylation sites (tertiary alicyclic amines) is 1. The van der Waals surface area contributed by atoms with Gasteiger partial charge in [0.15, 0.2) is 11.0 Å². The van der Waals surface area contributed by atoms with Gasteiger partial charge in [-0.05, 0) is 69.3 Å². The van der Waals surface area contributed by atoms with Crippen LogP contribution in [0, 0.1) is 5.82 Å². The summed E-state index contributed by atoms with van der Waals surface area (Å²) < 4.78 is 16.9. The second kappa shape index (κ2) is 9.40. The summed E-state index contributed by atoms with van der Waals surface area (Å²) in [5, 5.41) is 18.3. The van der Waals surface area contributed by atoms with Gasteiger partial charge in [-0.2, -0.15) is 4.68 Å². The Morgan fingerprint density at radius 2 is 1.76 bits per heavy atom. The molecule has 1 aliphatic heterocycles. The van der Waals surface area contributed by atoms with Crippen molar-refractivity contribution in [3.63, 3.8) is 0 Å².